The third-order valence-corrected chi connectivity index (χ3v) is 10.1. The molecule has 0 atom stereocenters. The van der Waals surface area contributed by atoms with Gasteiger partial charge in [-0.25, -0.2) is 8.42 Å². The zero-order chi connectivity index (χ0) is 29.5. The summed E-state index contributed by atoms with van der Waals surface area (Å²) >= 11 is 0. The van der Waals surface area contributed by atoms with E-state index >= 15 is 0 Å². The van der Waals surface area contributed by atoms with Crippen LogP contribution in [0, 0.1) is 0 Å². The number of nitrogens with zero attached hydrogens (tertiary/aromatic N) is 2. The van der Waals surface area contributed by atoms with Crippen LogP contribution in [0.15, 0.2) is 77.7 Å². The van der Waals surface area contributed by atoms with Gasteiger partial charge in [0.2, 0.25) is 10.0 Å². The minimum atomic E-state index is -4.55. The van der Waals surface area contributed by atoms with Crippen molar-refractivity contribution in [2.75, 3.05) is 19.6 Å². The van der Waals surface area contributed by atoms with E-state index in [0.29, 0.717) is 12.0 Å². The first kappa shape index (κ1) is 28.4. The predicted molar refractivity (Wildman–Crippen MR) is 153 cm³/mol. The number of carbonyl (C=O) groups is 1. The summed E-state index contributed by atoms with van der Waals surface area (Å²) in [5.41, 5.74) is 3.34. The third kappa shape index (κ3) is 5.81. The minimum Gasteiger partial charge on any atom is -0.358 e. The number of alkyl halides is 3. The Bertz CT molecular complexity index is 1700. The normalized spacial score (nSPS) is 17.3. The van der Waals surface area contributed by atoms with E-state index in [9.17, 15) is 26.4 Å². The molecule has 0 saturated carbocycles. The van der Waals surface area contributed by atoms with Crippen molar-refractivity contribution in [3.8, 4) is 0 Å². The summed E-state index contributed by atoms with van der Waals surface area (Å²) in [6.45, 7) is 2.94. The summed E-state index contributed by atoms with van der Waals surface area (Å²) in [5, 5.41) is 3.93. The Balaban J connectivity index is 1.13. The molecule has 0 aliphatic carbocycles. The summed E-state index contributed by atoms with van der Waals surface area (Å²) in [6, 6.07) is 19.3. The van der Waals surface area contributed by atoms with E-state index in [4.69, 9.17) is 0 Å². The highest BCUT2D eigenvalue weighted by molar-refractivity contribution is 7.89. The van der Waals surface area contributed by atoms with E-state index < -0.39 is 21.8 Å². The number of halogens is 3. The minimum absolute atomic E-state index is 0.0592. The highest BCUT2D eigenvalue weighted by Crippen LogP contribution is 2.33. The van der Waals surface area contributed by atoms with Crippen molar-refractivity contribution in [1.82, 2.24) is 19.5 Å². The van der Waals surface area contributed by atoms with Crippen molar-refractivity contribution in [3.05, 3.63) is 101 Å². The molecule has 7 nitrogen and oxygen atoms in total. The molecule has 11 heteroatoms. The highest BCUT2D eigenvalue weighted by atomic mass is 32.2. The number of nitrogens with one attached hydrogen (secondary N) is 2. The van der Waals surface area contributed by atoms with Crippen molar-refractivity contribution in [2.24, 2.45) is 0 Å². The topological polar surface area (TPSA) is 85.5 Å². The second kappa shape index (κ2) is 11.2. The molecule has 1 aromatic heterocycles. The number of piperidine rings is 1. The van der Waals surface area contributed by atoms with Crippen LogP contribution in [-0.4, -0.2) is 54.2 Å². The number of sulfonamides is 1. The molecular formula is C31H31F3N4O3S. The van der Waals surface area contributed by atoms with Crippen molar-refractivity contribution in [1.29, 1.82) is 0 Å². The highest BCUT2D eigenvalue weighted by Gasteiger charge is 2.33. The lowest BCUT2D eigenvalue weighted by Gasteiger charge is -2.32. The average molecular weight is 597 g/mol. The molecule has 2 aliphatic heterocycles. The third-order valence-electron chi connectivity index (χ3n) is 8.19. The molecule has 0 radical (unpaired) electrons. The van der Waals surface area contributed by atoms with E-state index in [2.05, 4.69) is 27.3 Å². The molecule has 2 aliphatic rings. The SMILES string of the molecule is O=C(NC1CCN(Cc2ccccc2)CC1)c1ccc2[nH]c3c(c2c1)CN(S(=O)(=O)c1ccc(C(F)(F)F)cc1)CC3. The molecule has 2 N–H and O–H groups in total. The maximum absolute atomic E-state index is 13.3. The van der Waals surface area contributed by atoms with Gasteiger partial charge in [0.1, 0.15) is 0 Å². The number of likely N-dealkylation sites (tertiary alicyclic amines) is 1. The zero-order valence-electron chi connectivity index (χ0n) is 22.8. The number of amides is 1. The number of H-pyrrole nitrogens is 1. The molecule has 6 rings (SSSR count). The van der Waals surface area contributed by atoms with Crippen LogP contribution in [0.4, 0.5) is 13.2 Å². The van der Waals surface area contributed by atoms with Crippen LogP contribution >= 0.6 is 0 Å². The molecule has 42 heavy (non-hydrogen) atoms. The fourth-order valence-corrected chi connectivity index (χ4v) is 7.26. The number of hydrogen-bond donors (Lipinski definition) is 2. The van der Waals surface area contributed by atoms with Crippen LogP contribution in [-0.2, 0) is 35.7 Å². The Morgan fingerprint density at radius 1 is 0.952 bits per heavy atom. The van der Waals surface area contributed by atoms with Gasteiger partial charge in [-0.15, -0.1) is 0 Å². The molecule has 220 valence electrons. The van der Waals surface area contributed by atoms with Gasteiger partial charge >= 0.3 is 6.18 Å². The van der Waals surface area contributed by atoms with Gasteiger partial charge in [-0.3, -0.25) is 9.69 Å². The molecular weight excluding hydrogens is 565 g/mol. The number of hydrogen-bond acceptors (Lipinski definition) is 4. The summed E-state index contributed by atoms with van der Waals surface area (Å²) in [5.74, 6) is -0.168. The van der Waals surface area contributed by atoms with Crippen molar-refractivity contribution >= 4 is 26.8 Å². The fraction of sp³-hybridized carbons (Fsp3) is 0.323. The molecule has 1 fully saturated rings. The molecule has 0 bridgehead atoms. The smallest absolute Gasteiger partial charge is 0.358 e. The summed E-state index contributed by atoms with van der Waals surface area (Å²) in [7, 11) is -4.01. The monoisotopic (exact) mass is 596 g/mol. The van der Waals surface area contributed by atoms with Crippen LogP contribution in [0.25, 0.3) is 10.9 Å². The lowest BCUT2D eigenvalue weighted by molar-refractivity contribution is -0.137. The second-order valence-electron chi connectivity index (χ2n) is 11.0. The molecule has 1 amide bonds. The summed E-state index contributed by atoms with van der Waals surface area (Å²) in [6.07, 6.45) is -2.41. The van der Waals surface area contributed by atoms with Gasteiger partial charge in [0.15, 0.2) is 0 Å². The number of aromatic amines is 1. The van der Waals surface area contributed by atoms with Gasteiger partial charge in [-0.2, -0.15) is 17.5 Å². The van der Waals surface area contributed by atoms with Crippen LogP contribution in [0.5, 0.6) is 0 Å². The first-order valence-corrected chi connectivity index (χ1v) is 15.4. The molecule has 4 aromatic rings. The Hall–Kier alpha value is -3.67. The maximum atomic E-state index is 13.3. The predicted octanol–water partition coefficient (Wildman–Crippen LogP) is 5.33. The number of carbonyl (C=O) groups excluding carboxylic acids is 1. The fourth-order valence-electron chi connectivity index (χ4n) is 5.85. The molecule has 3 aromatic carbocycles. The van der Waals surface area contributed by atoms with Crippen LogP contribution in [0.3, 0.4) is 0 Å². The van der Waals surface area contributed by atoms with Crippen molar-refractivity contribution in [2.45, 2.75) is 49.5 Å². The Morgan fingerprint density at radius 2 is 1.67 bits per heavy atom. The van der Waals surface area contributed by atoms with E-state index in [1.807, 2.05) is 24.3 Å². The molecule has 0 unspecified atom stereocenters. The van der Waals surface area contributed by atoms with E-state index in [1.54, 1.807) is 12.1 Å². The van der Waals surface area contributed by atoms with Gasteiger partial charge in [0.25, 0.3) is 5.91 Å². The Kier molecular flexibility index (Phi) is 7.59. The standard InChI is InChI=1S/C31H31F3N4O3S/c32-31(33,34)23-7-9-25(10-8-23)42(40,41)38-17-14-29-27(20-38)26-18-22(6-11-28(26)36-29)30(39)35-24-12-15-37(16-13-24)19-21-4-2-1-3-5-21/h1-11,18,24,36H,12-17,19-20H2,(H,35,39). The molecule has 0 spiro atoms. The Labute approximate surface area is 242 Å². The second-order valence-corrected chi connectivity index (χ2v) is 12.9. The van der Waals surface area contributed by atoms with Gasteiger partial charge in [0.05, 0.1) is 10.5 Å². The van der Waals surface area contributed by atoms with Gasteiger partial charge < -0.3 is 10.3 Å². The zero-order valence-corrected chi connectivity index (χ0v) is 23.6. The average Bonchev–Trinajstić information content (AvgIpc) is 3.35. The number of aromatic nitrogens is 1. The van der Waals surface area contributed by atoms with Crippen molar-refractivity contribution < 1.29 is 26.4 Å². The Morgan fingerprint density at radius 3 is 2.36 bits per heavy atom. The maximum Gasteiger partial charge on any atom is 0.416 e. The van der Waals surface area contributed by atoms with Gasteiger partial charge in [-0.1, -0.05) is 30.3 Å². The van der Waals surface area contributed by atoms with Crippen molar-refractivity contribution in [3.63, 3.8) is 0 Å². The van der Waals surface area contributed by atoms with Gasteiger partial charge in [0, 0.05) is 67.3 Å². The molecule has 1 saturated heterocycles. The number of fused-ring (bicyclic) bond motifs is 3. The summed E-state index contributed by atoms with van der Waals surface area (Å²) < 4.78 is 66.8. The number of rotatable bonds is 6. The van der Waals surface area contributed by atoms with Crippen LogP contribution in [0.2, 0.25) is 0 Å². The molecule has 3 heterocycles. The largest absolute Gasteiger partial charge is 0.416 e. The first-order chi connectivity index (χ1) is 20.1. The lowest BCUT2D eigenvalue weighted by Crippen LogP contribution is -2.44. The van der Waals surface area contributed by atoms with E-state index in [1.165, 1.54) is 9.87 Å². The number of benzene rings is 3. The quantitative estimate of drug-likeness (QED) is 0.315. The van der Waals surface area contributed by atoms with E-state index in [0.717, 1.165) is 78.9 Å². The first-order valence-electron chi connectivity index (χ1n) is 14.0. The van der Waals surface area contributed by atoms with E-state index in [-0.39, 0.29) is 29.9 Å². The van der Waals surface area contributed by atoms with Crippen LogP contribution in [0.1, 0.15) is 45.6 Å². The summed E-state index contributed by atoms with van der Waals surface area (Å²) in [4.78, 5) is 18.7. The lowest BCUT2D eigenvalue weighted by atomic mass is 10.0. The van der Waals surface area contributed by atoms with Crippen LogP contribution < -0.4 is 5.32 Å². The van der Waals surface area contributed by atoms with Gasteiger partial charge in [-0.05, 0) is 66.4 Å².